The van der Waals surface area contributed by atoms with Crippen LogP contribution in [0.3, 0.4) is 0 Å². The van der Waals surface area contributed by atoms with E-state index in [2.05, 4.69) is 129 Å². The predicted octanol–water partition coefficient (Wildman–Crippen LogP) is 9.70. The SMILES string of the molecule is CC1(C)c2ccc(-c3ccc(-c4cccc(-c5nc(-c6ccccc6)[n-][n+]5Cc5ccccc5)c4)cc3)cc2Sc2cccc(C#N)c21. The Hall–Kier alpha value is -5.70. The van der Waals surface area contributed by atoms with E-state index in [1.807, 2.05) is 41.1 Å². The molecule has 2 heterocycles. The summed E-state index contributed by atoms with van der Waals surface area (Å²) in [4.78, 5) is 7.44. The molecule has 0 aliphatic carbocycles. The van der Waals surface area contributed by atoms with Crippen molar-refractivity contribution in [2.24, 2.45) is 0 Å². The lowest BCUT2D eigenvalue weighted by Crippen LogP contribution is -2.40. The average molecular weight is 637 g/mol. The molecule has 1 aliphatic rings. The van der Waals surface area contributed by atoms with Crippen LogP contribution >= 0.6 is 11.8 Å². The van der Waals surface area contributed by atoms with Crippen LogP contribution < -0.4 is 9.78 Å². The van der Waals surface area contributed by atoms with Gasteiger partial charge in [-0.05, 0) is 74.3 Å². The Morgan fingerprint density at radius 2 is 1.27 bits per heavy atom. The number of hydrogen-bond acceptors (Lipinski definition) is 3. The minimum atomic E-state index is -0.247. The maximum absolute atomic E-state index is 9.79. The normalized spacial score (nSPS) is 12.9. The van der Waals surface area contributed by atoms with E-state index < -0.39 is 0 Å². The summed E-state index contributed by atoms with van der Waals surface area (Å²) in [5, 5.41) is 14.7. The highest BCUT2D eigenvalue weighted by Crippen LogP contribution is 2.51. The number of nitriles is 1. The molecule has 230 valence electrons. The lowest BCUT2D eigenvalue weighted by Gasteiger charge is -2.35. The first kappa shape index (κ1) is 29.7. The van der Waals surface area contributed by atoms with Gasteiger partial charge in [0.15, 0.2) is 0 Å². The molecule has 5 heteroatoms. The zero-order chi connectivity index (χ0) is 32.7. The van der Waals surface area contributed by atoms with Gasteiger partial charge in [0, 0.05) is 20.8 Å². The Bertz CT molecular complexity index is 2310. The van der Waals surface area contributed by atoms with E-state index in [4.69, 9.17) is 10.1 Å². The molecular weight excluding hydrogens is 605 g/mol. The van der Waals surface area contributed by atoms with Gasteiger partial charge in [0.05, 0.1) is 17.2 Å². The molecule has 0 saturated carbocycles. The number of hydrogen-bond donors (Lipinski definition) is 0. The summed E-state index contributed by atoms with van der Waals surface area (Å²) in [6, 6.07) is 53.1. The molecule has 0 amide bonds. The van der Waals surface area contributed by atoms with E-state index in [1.165, 1.54) is 27.1 Å². The third kappa shape index (κ3) is 5.41. The summed E-state index contributed by atoms with van der Waals surface area (Å²) in [7, 11) is 0. The average Bonchev–Trinajstić information content (AvgIpc) is 3.55. The van der Waals surface area contributed by atoms with Crippen molar-refractivity contribution in [3.63, 3.8) is 0 Å². The minimum absolute atomic E-state index is 0.247. The van der Waals surface area contributed by atoms with Crippen LogP contribution in [-0.4, -0.2) is 4.98 Å². The van der Waals surface area contributed by atoms with Gasteiger partial charge < -0.3 is 0 Å². The quantitative estimate of drug-likeness (QED) is 0.171. The van der Waals surface area contributed by atoms with Crippen LogP contribution in [0.4, 0.5) is 0 Å². The molecule has 0 fully saturated rings. The molecule has 0 unspecified atom stereocenters. The molecule has 0 radical (unpaired) electrons. The Labute approximate surface area is 285 Å². The number of benzene rings is 6. The van der Waals surface area contributed by atoms with Crippen molar-refractivity contribution in [2.75, 3.05) is 0 Å². The molecule has 1 aromatic heterocycles. The summed E-state index contributed by atoms with van der Waals surface area (Å²) >= 11 is 1.76. The fourth-order valence-corrected chi connectivity index (χ4v) is 8.20. The maximum Gasteiger partial charge on any atom is 0.334 e. The standard InChI is InChI=1S/C43H32N4S/c1-43(2)37-24-23-34(26-39(37)48-38-18-10-17-36(27-44)40(38)43)31-21-19-30(20-22-31)33-15-9-16-35(25-33)42-45-41(32-13-7-4-8-14-32)46-47(42)28-29-11-5-3-6-12-29/h3-26H,28H2,1-2H3. The number of aromatic nitrogens is 3. The van der Waals surface area contributed by atoms with E-state index in [0.717, 1.165) is 49.9 Å². The first-order valence-corrected chi connectivity index (χ1v) is 16.9. The highest BCUT2D eigenvalue weighted by molar-refractivity contribution is 7.99. The molecule has 0 saturated heterocycles. The first-order valence-electron chi connectivity index (χ1n) is 16.1. The van der Waals surface area contributed by atoms with Crippen LogP contribution in [0.5, 0.6) is 0 Å². The van der Waals surface area contributed by atoms with Gasteiger partial charge in [-0.1, -0.05) is 141 Å². The Balaban J connectivity index is 1.10. The van der Waals surface area contributed by atoms with Gasteiger partial charge in [-0.15, -0.1) is 0 Å². The zero-order valence-electron chi connectivity index (χ0n) is 26.8. The van der Waals surface area contributed by atoms with Gasteiger partial charge in [-0.3, -0.25) is 0 Å². The summed E-state index contributed by atoms with van der Waals surface area (Å²) in [6.07, 6.45) is 0. The van der Waals surface area contributed by atoms with Gasteiger partial charge >= 0.3 is 5.82 Å². The summed E-state index contributed by atoms with van der Waals surface area (Å²) in [5.41, 5.74) is 10.7. The molecule has 8 rings (SSSR count). The van der Waals surface area contributed by atoms with Gasteiger partial charge in [0.1, 0.15) is 6.54 Å². The van der Waals surface area contributed by atoms with Crippen molar-refractivity contribution in [3.05, 3.63) is 168 Å². The summed E-state index contributed by atoms with van der Waals surface area (Å²) in [6.45, 7) is 5.08. The van der Waals surface area contributed by atoms with E-state index in [0.29, 0.717) is 6.54 Å². The van der Waals surface area contributed by atoms with Gasteiger partial charge in [-0.25, -0.2) is 9.78 Å². The van der Waals surface area contributed by atoms with Gasteiger partial charge in [-0.2, -0.15) is 5.26 Å². The summed E-state index contributed by atoms with van der Waals surface area (Å²) in [5.74, 6) is 1.56. The van der Waals surface area contributed by atoms with E-state index in [-0.39, 0.29) is 5.41 Å². The minimum Gasteiger partial charge on any atom is -0.234 e. The van der Waals surface area contributed by atoms with Crippen molar-refractivity contribution < 1.29 is 4.68 Å². The van der Waals surface area contributed by atoms with Crippen LogP contribution in [-0.2, 0) is 12.0 Å². The Kier molecular flexibility index (Phi) is 7.51. The number of nitrogens with zero attached hydrogens (tertiary/aromatic N) is 4. The molecule has 0 N–H and O–H groups in total. The maximum atomic E-state index is 9.79. The van der Waals surface area contributed by atoms with Crippen molar-refractivity contribution in [1.82, 2.24) is 10.1 Å². The van der Waals surface area contributed by atoms with Crippen molar-refractivity contribution >= 4 is 11.8 Å². The molecule has 4 nitrogen and oxygen atoms in total. The number of rotatable bonds is 6. The second-order valence-electron chi connectivity index (χ2n) is 12.7. The fourth-order valence-electron chi connectivity index (χ4n) is 6.73. The van der Waals surface area contributed by atoms with E-state index in [9.17, 15) is 5.26 Å². The van der Waals surface area contributed by atoms with Gasteiger partial charge in [0.2, 0.25) is 5.82 Å². The van der Waals surface area contributed by atoms with Crippen LogP contribution in [0.2, 0.25) is 0 Å². The molecule has 7 aromatic rings. The molecule has 0 bridgehead atoms. The largest absolute Gasteiger partial charge is 0.334 e. The molecule has 48 heavy (non-hydrogen) atoms. The van der Waals surface area contributed by atoms with E-state index in [1.54, 1.807) is 11.8 Å². The van der Waals surface area contributed by atoms with E-state index >= 15 is 0 Å². The monoisotopic (exact) mass is 636 g/mol. The Morgan fingerprint density at radius 1 is 0.646 bits per heavy atom. The summed E-state index contributed by atoms with van der Waals surface area (Å²) < 4.78 is 2.01. The molecule has 6 aromatic carbocycles. The highest BCUT2D eigenvalue weighted by atomic mass is 32.2. The molecular formula is C43H32N4S. The smallest absolute Gasteiger partial charge is 0.234 e. The third-order valence-electron chi connectivity index (χ3n) is 9.20. The predicted molar refractivity (Wildman–Crippen MR) is 192 cm³/mol. The number of fused-ring (bicyclic) bond motifs is 2. The molecule has 0 atom stereocenters. The first-order chi connectivity index (χ1) is 23.5. The lowest BCUT2D eigenvalue weighted by molar-refractivity contribution is -0.737. The van der Waals surface area contributed by atoms with Crippen LogP contribution in [0.25, 0.3) is 45.0 Å². The van der Waals surface area contributed by atoms with Crippen molar-refractivity contribution in [1.29, 1.82) is 5.26 Å². The second kappa shape index (κ2) is 12.2. The van der Waals surface area contributed by atoms with Gasteiger partial charge in [0.25, 0.3) is 0 Å². The second-order valence-corrected chi connectivity index (χ2v) is 13.7. The fraction of sp³-hybridized carbons (Fsp3) is 0.0930. The van der Waals surface area contributed by atoms with Crippen molar-refractivity contribution in [2.45, 2.75) is 35.6 Å². The molecule has 0 spiro atoms. The highest BCUT2D eigenvalue weighted by Gasteiger charge is 2.35. The Morgan fingerprint density at radius 3 is 2.00 bits per heavy atom. The zero-order valence-corrected chi connectivity index (χ0v) is 27.6. The lowest BCUT2D eigenvalue weighted by atomic mass is 9.75. The van der Waals surface area contributed by atoms with Crippen LogP contribution in [0.1, 0.15) is 36.1 Å². The van der Waals surface area contributed by atoms with Crippen LogP contribution in [0, 0.1) is 11.3 Å². The van der Waals surface area contributed by atoms with Crippen molar-refractivity contribution in [3.8, 4) is 51.1 Å². The topological polar surface area (TPSA) is 54.7 Å². The third-order valence-corrected chi connectivity index (χ3v) is 10.3. The van der Waals surface area contributed by atoms with Crippen LogP contribution in [0.15, 0.2) is 155 Å². The molecule has 1 aliphatic heterocycles.